The van der Waals surface area contributed by atoms with Crippen molar-refractivity contribution in [3.63, 3.8) is 0 Å². The quantitative estimate of drug-likeness (QED) is 0.0613. The molecule has 1 aliphatic rings. The molecule has 0 fully saturated rings. The Hall–Kier alpha value is -11.1. The first-order chi connectivity index (χ1) is 42.6. The predicted octanol–water partition coefficient (Wildman–Crippen LogP) is 22.0. The van der Waals surface area contributed by atoms with Gasteiger partial charge in [0.05, 0.1) is 27.7 Å². The van der Waals surface area contributed by atoms with Crippen LogP contribution in [0.25, 0.3) is 90.2 Å². The molecular formula is C79H51F5N2O. The van der Waals surface area contributed by atoms with Crippen molar-refractivity contribution in [3.05, 3.63) is 343 Å². The van der Waals surface area contributed by atoms with Crippen molar-refractivity contribution in [1.82, 2.24) is 4.57 Å². The second-order valence-electron chi connectivity index (χ2n) is 21.6. The molecule has 1 heterocycles. The Balaban J connectivity index is 0.944. The molecule has 0 aliphatic heterocycles. The lowest BCUT2D eigenvalue weighted by atomic mass is 9.67. The molecule has 0 radical (unpaired) electrons. The van der Waals surface area contributed by atoms with E-state index in [9.17, 15) is 4.39 Å². The summed E-state index contributed by atoms with van der Waals surface area (Å²) in [4.78, 5) is 1.82. The number of para-hydroxylation sites is 1. The van der Waals surface area contributed by atoms with Crippen molar-refractivity contribution < 1.29 is 26.7 Å². The number of anilines is 3. The Morgan fingerprint density at radius 3 is 1.40 bits per heavy atom. The number of nitrogens with zero attached hydrogens (tertiary/aromatic N) is 2. The molecule has 0 bridgehead atoms. The van der Waals surface area contributed by atoms with Gasteiger partial charge in [-0.15, -0.1) is 0 Å². The van der Waals surface area contributed by atoms with Crippen LogP contribution in [0.2, 0.25) is 0 Å². The van der Waals surface area contributed by atoms with E-state index in [0.29, 0.717) is 22.9 Å². The van der Waals surface area contributed by atoms with Gasteiger partial charge in [0.1, 0.15) is 11.5 Å². The molecule has 8 heteroatoms. The summed E-state index contributed by atoms with van der Waals surface area (Å²) < 4.78 is 86.7. The lowest BCUT2D eigenvalue weighted by molar-refractivity contribution is 0.381. The van der Waals surface area contributed by atoms with Gasteiger partial charge in [0.15, 0.2) is 23.3 Å². The fourth-order valence-electron chi connectivity index (χ4n) is 12.6. The maximum absolute atomic E-state index is 16.3. The molecule has 3 nitrogen and oxygen atoms in total. The topological polar surface area (TPSA) is 17.4 Å². The van der Waals surface area contributed by atoms with Gasteiger partial charge < -0.3 is 14.2 Å². The maximum atomic E-state index is 16.3. The number of ether oxygens (including phenoxy) is 1. The Kier molecular flexibility index (Phi) is 13.5. The number of hydrogen-bond donors (Lipinski definition) is 0. The minimum atomic E-state index is -2.24. The van der Waals surface area contributed by atoms with Crippen LogP contribution in [0.3, 0.4) is 0 Å². The normalized spacial score (nSPS) is 13.3. The summed E-state index contributed by atoms with van der Waals surface area (Å²) >= 11 is 0. The summed E-state index contributed by atoms with van der Waals surface area (Å²) in [5, 5.41) is 2.09. The number of fused-ring (bicyclic) bond motifs is 6. The minimum absolute atomic E-state index is 0.169. The number of aromatic nitrogens is 1. The molecular weight excluding hydrogens is 1090 g/mol. The van der Waals surface area contributed by atoms with E-state index in [4.69, 9.17) is 4.74 Å². The maximum Gasteiger partial charge on any atom is 0.200 e. The second kappa shape index (κ2) is 21.8. The van der Waals surface area contributed by atoms with Crippen LogP contribution in [0.15, 0.2) is 275 Å². The van der Waals surface area contributed by atoms with Crippen LogP contribution in [-0.4, -0.2) is 4.57 Å². The second-order valence-corrected chi connectivity index (χ2v) is 21.6. The van der Waals surface area contributed by atoms with Gasteiger partial charge in [-0.3, -0.25) is 0 Å². The van der Waals surface area contributed by atoms with Crippen LogP contribution >= 0.6 is 0 Å². The summed E-state index contributed by atoms with van der Waals surface area (Å²) in [6.45, 7) is 11.8. The van der Waals surface area contributed by atoms with E-state index in [0.717, 1.165) is 99.8 Å². The molecule has 12 aromatic carbocycles. The SMILES string of the molecule is C=Cc1ccc(Oc2ccc(C3(c4ccccc4)c4ccccc4-c4ccc(N(c5ccc(-c6ccc7c(c6)c6cc(-c8ccc(C=C)cc8)ccc6n7-c6ccc(C=C)cc6)cc5)c5ccccc5-c5c(F)c(F)c(F)c(F)c5F)cc43)cc2)cc1. The van der Waals surface area contributed by atoms with E-state index < -0.39 is 40.1 Å². The molecule has 0 saturated heterocycles. The smallest absolute Gasteiger partial charge is 0.200 e. The van der Waals surface area contributed by atoms with Gasteiger partial charge in [0.2, 0.25) is 5.82 Å². The van der Waals surface area contributed by atoms with Crippen LogP contribution in [0.4, 0.5) is 39.0 Å². The van der Waals surface area contributed by atoms with E-state index in [1.807, 2.05) is 120 Å². The molecule has 13 aromatic rings. The van der Waals surface area contributed by atoms with Gasteiger partial charge in [-0.25, -0.2) is 22.0 Å². The fraction of sp³-hybridized carbons (Fsp3) is 0.0127. The number of rotatable bonds is 14. The Bertz CT molecular complexity index is 4830. The standard InChI is InChI=1S/C79H51F5N2O/c1-4-49-20-26-52(27-21-49)54-30-44-71-66(46-54)67-47-55(31-45-72(67)86(71)59-34-22-50(5-2)23-35-59)53-28-36-58(37-29-53)85(70-19-13-11-17-65(70)73-74(80)76(82)78(84)77(83)75(73)81)60-38-43-64-63-16-10-12-18-68(63)79(69(64)48-60,56-14-8-7-9-15-56)57-32-41-62(42-33-57)87-61-39-24-51(6-3)25-40-61/h4-48H,1-3H2. The largest absolute Gasteiger partial charge is 0.457 e. The number of halogens is 5. The van der Waals surface area contributed by atoms with Crippen LogP contribution in [0.5, 0.6) is 11.5 Å². The van der Waals surface area contributed by atoms with E-state index >= 15 is 17.6 Å². The molecule has 1 aromatic heterocycles. The molecule has 0 saturated carbocycles. The van der Waals surface area contributed by atoms with E-state index in [2.05, 4.69) is 152 Å². The van der Waals surface area contributed by atoms with Crippen molar-refractivity contribution in [2.75, 3.05) is 4.90 Å². The number of hydrogen-bond acceptors (Lipinski definition) is 2. The van der Waals surface area contributed by atoms with Gasteiger partial charge in [-0.05, 0) is 163 Å². The number of benzene rings is 12. The third-order valence-electron chi connectivity index (χ3n) is 16.8. The molecule has 1 atom stereocenters. The van der Waals surface area contributed by atoms with Crippen LogP contribution in [0, 0.1) is 29.1 Å². The summed E-state index contributed by atoms with van der Waals surface area (Å²) in [5.41, 5.74) is 14.9. The summed E-state index contributed by atoms with van der Waals surface area (Å²) in [7, 11) is 0. The van der Waals surface area contributed by atoms with Crippen molar-refractivity contribution in [1.29, 1.82) is 0 Å². The molecule has 87 heavy (non-hydrogen) atoms. The third-order valence-corrected chi connectivity index (χ3v) is 16.8. The van der Waals surface area contributed by atoms with Crippen molar-refractivity contribution in [2.45, 2.75) is 5.41 Å². The lowest BCUT2D eigenvalue weighted by Gasteiger charge is -2.35. The predicted molar refractivity (Wildman–Crippen MR) is 346 cm³/mol. The first kappa shape index (κ1) is 53.9. The van der Waals surface area contributed by atoms with Gasteiger partial charge in [-0.2, -0.15) is 0 Å². The molecule has 418 valence electrons. The lowest BCUT2D eigenvalue weighted by Crippen LogP contribution is -2.28. The molecule has 1 unspecified atom stereocenters. The first-order valence-electron chi connectivity index (χ1n) is 28.4. The highest BCUT2D eigenvalue weighted by Gasteiger charge is 2.46. The highest BCUT2D eigenvalue weighted by atomic mass is 19.2. The minimum Gasteiger partial charge on any atom is -0.457 e. The zero-order valence-corrected chi connectivity index (χ0v) is 46.8. The van der Waals surface area contributed by atoms with Gasteiger partial charge in [0.25, 0.3) is 0 Å². The van der Waals surface area contributed by atoms with Crippen LogP contribution < -0.4 is 9.64 Å². The zero-order valence-electron chi connectivity index (χ0n) is 46.8. The Morgan fingerprint density at radius 2 is 0.816 bits per heavy atom. The van der Waals surface area contributed by atoms with Crippen molar-refractivity contribution in [2.24, 2.45) is 0 Å². The highest BCUT2D eigenvalue weighted by molar-refractivity contribution is 6.12. The van der Waals surface area contributed by atoms with Gasteiger partial charge in [0, 0.05) is 33.4 Å². The highest BCUT2D eigenvalue weighted by Crippen LogP contribution is 2.58. The summed E-state index contributed by atoms with van der Waals surface area (Å²) in [5.74, 6) is -8.89. The monoisotopic (exact) mass is 1140 g/mol. The third kappa shape index (κ3) is 9.04. The molecule has 0 N–H and O–H groups in total. The Morgan fingerprint density at radius 1 is 0.368 bits per heavy atom. The van der Waals surface area contributed by atoms with Crippen molar-refractivity contribution in [3.8, 4) is 61.7 Å². The summed E-state index contributed by atoms with van der Waals surface area (Å²) in [6.07, 6.45) is 5.43. The van der Waals surface area contributed by atoms with Gasteiger partial charge >= 0.3 is 0 Å². The molecule has 0 amide bonds. The average molecular weight is 1140 g/mol. The molecule has 1 aliphatic carbocycles. The zero-order chi connectivity index (χ0) is 59.5. The molecule has 14 rings (SSSR count). The fourth-order valence-corrected chi connectivity index (χ4v) is 12.6. The summed E-state index contributed by atoms with van der Waals surface area (Å²) in [6, 6.07) is 83.9. The van der Waals surface area contributed by atoms with Crippen LogP contribution in [0.1, 0.15) is 38.9 Å². The van der Waals surface area contributed by atoms with Crippen molar-refractivity contribution >= 4 is 57.1 Å². The average Bonchev–Trinajstić information content (AvgIpc) is 1.59. The molecule has 0 spiro atoms. The Labute approximate surface area is 500 Å². The van der Waals surface area contributed by atoms with E-state index in [-0.39, 0.29) is 11.3 Å². The van der Waals surface area contributed by atoms with E-state index in [1.165, 1.54) is 12.1 Å². The first-order valence-corrected chi connectivity index (χ1v) is 28.4. The van der Waals surface area contributed by atoms with Gasteiger partial charge in [-0.1, -0.05) is 202 Å². The van der Waals surface area contributed by atoms with E-state index in [1.54, 1.807) is 18.2 Å². The van der Waals surface area contributed by atoms with Crippen LogP contribution in [-0.2, 0) is 5.41 Å².